The molecular weight excluding hydrogens is 218 g/mol. The quantitative estimate of drug-likeness (QED) is 0.262. The third-order valence-corrected chi connectivity index (χ3v) is 1.81. The lowest BCUT2D eigenvalue weighted by Gasteiger charge is -2.07. The first-order valence-corrected chi connectivity index (χ1v) is 5.16. The Labute approximate surface area is 99.3 Å². The van der Waals surface area contributed by atoms with Gasteiger partial charge in [-0.15, -0.1) is 0 Å². The standard InChI is InChI=1S/C12H13N3O2/c1-9(2)17-12(16)11(14-15-13)8-10-6-4-3-5-7-10/h3-9H,1-2H3. The van der Waals surface area contributed by atoms with E-state index in [2.05, 4.69) is 10.0 Å². The SMILES string of the molecule is CC(C)OC(=O)C(=Cc1ccccc1)N=[N+]=[N-]. The molecule has 0 aliphatic heterocycles. The number of carbonyl (C=O) groups excluding carboxylic acids is 1. The van der Waals surface area contributed by atoms with Gasteiger partial charge in [-0.3, -0.25) is 0 Å². The molecule has 0 aliphatic rings. The lowest BCUT2D eigenvalue weighted by molar-refractivity contribution is -0.142. The fourth-order valence-electron chi connectivity index (χ4n) is 1.16. The number of nitrogens with zero attached hydrogens (tertiary/aromatic N) is 3. The van der Waals surface area contributed by atoms with E-state index >= 15 is 0 Å². The predicted molar refractivity (Wildman–Crippen MR) is 64.8 cm³/mol. The molecule has 0 atom stereocenters. The van der Waals surface area contributed by atoms with E-state index in [9.17, 15) is 4.79 Å². The van der Waals surface area contributed by atoms with Crippen LogP contribution in [0.15, 0.2) is 41.1 Å². The molecule has 5 nitrogen and oxygen atoms in total. The summed E-state index contributed by atoms with van der Waals surface area (Å²) in [4.78, 5) is 14.2. The summed E-state index contributed by atoms with van der Waals surface area (Å²) in [6.45, 7) is 3.46. The van der Waals surface area contributed by atoms with Gasteiger partial charge in [0.1, 0.15) is 5.70 Å². The van der Waals surface area contributed by atoms with Crippen LogP contribution in [0.3, 0.4) is 0 Å². The highest BCUT2D eigenvalue weighted by atomic mass is 16.5. The number of esters is 1. The van der Waals surface area contributed by atoms with Crippen molar-refractivity contribution in [1.29, 1.82) is 0 Å². The molecule has 0 amide bonds. The zero-order chi connectivity index (χ0) is 12.7. The van der Waals surface area contributed by atoms with Gasteiger partial charge in [0, 0.05) is 4.91 Å². The summed E-state index contributed by atoms with van der Waals surface area (Å²) in [6.07, 6.45) is 1.24. The summed E-state index contributed by atoms with van der Waals surface area (Å²) in [7, 11) is 0. The number of hydrogen-bond donors (Lipinski definition) is 0. The maximum atomic E-state index is 11.6. The van der Waals surface area contributed by atoms with Gasteiger partial charge in [-0.1, -0.05) is 35.4 Å². The van der Waals surface area contributed by atoms with Crippen LogP contribution in [0.1, 0.15) is 19.4 Å². The molecule has 0 saturated heterocycles. The second kappa shape index (κ2) is 6.35. The van der Waals surface area contributed by atoms with E-state index < -0.39 is 5.97 Å². The molecule has 0 N–H and O–H groups in total. The molecule has 0 spiro atoms. The lowest BCUT2D eigenvalue weighted by Crippen LogP contribution is -2.12. The second-order valence-electron chi connectivity index (χ2n) is 3.58. The van der Waals surface area contributed by atoms with Gasteiger partial charge in [-0.05, 0) is 31.0 Å². The van der Waals surface area contributed by atoms with E-state index in [1.807, 2.05) is 18.2 Å². The molecule has 0 radical (unpaired) electrons. The van der Waals surface area contributed by atoms with Crippen molar-refractivity contribution in [2.75, 3.05) is 0 Å². The minimum atomic E-state index is -0.623. The Bertz CT molecular complexity index is 460. The van der Waals surface area contributed by atoms with Gasteiger partial charge in [-0.25, -0.2) is 4.79 Å². The van der Waals surface area contributed by atoms with E-state index in [1.165, 1.54) is 6.08 Å². The van der Waals surface area contributed by atoms with Gasteiger partial charge in [0.05, 0.1) is 6.10 Å². The Kier molecular flexibility index (Phi) is 4.78. The summed E-state index contributed by atoms with van der Waals surface area (Å²) in [5.41, 5.74) is 9.13. The van der Waals surface area contributed by atoms with Crippen molar-refractivity contribution in [3.05, 3.63) is 52.0 Å². The van der Waals surface area contributed by atoms with Crippen molar-refractivity contribution in [3.8, 4) is 0 Å². The molecule has 5 heteroatoms. The van der Waals surface area contributed by atoms with Gasteiger partial charge in [0.25, 0.3) is 0 Å². The van der Waals surface area contributed by atoms with E-state index in [0.29, 0.717) is 0 Å². The topological polar surface area (TPSA) is 75.1 Å². The first-order valence-electron chi connectivity index (χ1n) is 5.16. The van der Waals surface area contributed by atoms with Gasteiger partial charge < -0.3 is 4.74 Å². The molecule has 0 fully saturated rings. The van der Waals surface area contributed by atoms with Gasteiger partial charge in [-0.2, -0.15) is 0 Å². The molecule has 0 aromatic heterocycles. The van der Waals surface area contributed by atoms with Gasteiger partial charge in [0.2, 0.25) is 0 Å². The number of benzene rings is 1. The van der Waals surface area contributed by atoms with Crippen LogP contribution in [-0.2, 0) is 9.53 Å². The summed E-state index contributed by atoms with van der Waals surface area (Å²) in [6, 6.07) is 9.11. The Balaban J connectivity index is 2.97. The average molecular weight is 231 g/mol. The zero-order valence-corrected chi connectivity index (χ0v) is 9.70. The first kappa shape index (κ1) is 12.8. The lowest BCUT2D eigenvalue weighted by atomic mass is 10.2. The maximum Gasteiger partial charge on any atom is 0.340 e. The number of hydrogen-bond acceptors (Lipinski definition) is 3. The highest BCUT2D eigenvalue weighted by Gasteiger charge is 2.10. The molecule has 1 rings (SSSR count). The van der Waals surface area contributed by atoms with Crippen molar-refractivity contribution < 1.29 is 9.53 Å². The summed E-state index contributed by atoms with van der Waals surface area (Å²) in [5, 5.41) is 3.34. The molecular formula is C12H13N3O2. The largest absolute Gasteiger partial charge is 0.459 e. The monoisotopic (exact) mass is 231 g/mol. The number of carbonyl (C=O) groups is 1. The van der Waals surface area contributed by atoms with Gasteiger partial charge >= 0.3 is 5.97 Å². The molecule has 0 aliphatic carbocycles. The molecule has 1 aromatic carbocycles. The van der Waals surface area contributed by atoms with Crippen molar-refractivity contribution >= 4 is 12.0 Å². The van der Waals surface area contributed by atoms with Crippen LogP contribution in [-0.4, -0.2) is 12.1 Å². The van der Waals surface area contributed by atoms with E-state index in [-0.39, 0.29) is 11.8 Å². The Morgan fingerprint density at radius 1 is 1.41 bits per heavy atom. The summed E-state index contributed by atoms with van der Waals surface area (Å²) < 4.78 is 4.97. The highest BCUT2D eigenvalue weighted by Crippen LogP contribution is 2.10. The first-order chi connectivity index (χ1) is 8.13. The third-order valence-electron chi connectivity index (χ3n) is 1.81. The number of rotatable bonds is 4. The van der Waals surface area contributed by atoms with Crippen LogP contribution in [0.25, 0.3) is 16.5 Å². The molecule has 17 heavy (non-hydrogen) atoms. The summed E-state index contributed by atoms with van der Waals surface area (Å²) in [5.74, 6) is -0.623. The van der Waals surface area contributed by atoms with E-state index in [4.69, 9.17) is 10.3 Å². The maximum absolute atomic E-state index is 11.6. The van der Waals surface area contributed by atoms with Crippen LogP contribution in [0.4, 0.5) is 0 Å². The summed E-state index contributed by atoms with van der Waals surface area (Å²) >= 11 is 0. The Morgan fingerprint density at radius 3 is 2.59 bits per heavy atom. The molecule has 0 unspecified atom stereocenters. The van der Waals surface area contributed by atoms with Crippen LogP contribution in [0.2, 0.25) is 0 Å². The predicted octanol–water partition coefficient (Wildman–Crippen LogP) is 3.29. The fraction of sp³-hybridized carbons (Fsp3) is 0.250. The minimum Gasteiger partial charge on any atom is -0.459 e. The van der Waals surface area contributed by atoms with Crippen LogP contribution in [0, 0.1) is 0 Å². The van der Waals surface area contributed by atoms with E-state index in [1.54, 1.807) is 26.0 Å². The van der Waals surface area contributed by atoms with Crippen LogP contribution >= 0.6 is 0 Å². The molecule has 1 aromatic rings. The molecule has 0 saturated carbocycles. The van der Waals surface area contributed by atoms with E-state index in [0.717, 1.165) is 5.56 Å². The molecule has 88 valence electrons. The van der Waals surface area contributed by atoms with Crippen LogP contribution in [0.5, 0.6) is 0 Å². The molecule has 0 heterocycles. The van der Waals surface area contributed by atoms with Crippen molar-refractivity contribution in [2.45, 2.75) is 20.0 Å². The van der Waals surface area contributed by atoms with Crippen molar-refractivity contribution in [1.82, 2.24) is 0 Å². The minimum absolute atomic E-state index is 0.0487. The zero-order valence-electron chi connectivity index (χ0n) is 9.70. The normalized spacial score (nSPS) is 10.9. The third kappa shape index (κ3) is 4.40. The van der Waals surface area contributed by atoms with Crippen molar-refractivity contribution in [3.63, 3.8) is 0 Å². The average Bonchev–Trinajstić information content (AvgIpc) is 2.29. The fourth-order valence-corrected chi connectivity index (χ4v) is 1.16. The van der Waals surface area contributed by atoms with Gasteiger partial charge in [0.15, 0.2) is 0 Å². The number of ether oxygens (including phenoxy) is 1. The molecule has 0 bridgehead atoms. The van der Waals surface area contributed by atoms with Crippen LogP contribution < -0.4 is 0 Å². The highest BCUT2D eigenvalue weighted by molar-refractivity contribution is 5.93. The number of azide groups is 1. The Morgan fingerprint density at radius 2 is 2.06 bits per heavy atom. The Hall–Kier alpha value is -2.26. The second-order valence-corrected chi connectivity index (χ2v) is 3.58. The smallest absolute Gasteiger partial charge is 0.340 e. The van der Waals surface area contributed by atoms with Crippen molar-refractivity contribution in [2.24, 2.45) is 5.11 Å².